The number of imidazole rings is 1. The van der Waals surface area contributed by atoms with Gasteiger partial charge in [0.1, 0.15) is 35.7 Å². The zero-order valence-electron chi connectivity index (χ0n) is 22.1. The summed E-state index contributed by atoms with van der Waals surface area (Å²) < 4.78 is 52.4. The second-order valence-corrected chi connectivity index (χ2v) is 11.0. The topological polar surface area (TPSA) is 102 Å². The van der Waals surface area contributed by atoms with Gasteiger partial charge in [0.25, 0.3) is 6.01 Å². The zero-order valence-corrected chi connectivity index (χ0v) is 22.8. The quantitative estimate of drug-likeness (QED) is 0.350. The third-order valence-electron chi connectivity index (χ3n) is 7.78. The fourth-order valence-corrected chi connectivity index (χ4v) is 5.90. The number of piperidine rings is 1. The molecule has 1 aromatic carbocycles. The van der Waals surface area contributed by atoms with E-state index in [0.29, 0.717) is 28.5 Å². The van der Waals surface area contributed by atoms with Gasteiger partial charge in [0.2, 0.25) is 0 Å². The number of rotatable bonds is 10. The number of likely N-dealkylation sites (tertiary alicyclic amines) is 1. The van der Waals surface area contributed by atoms with Crippen molar-refractivity contribution in [1.82, 2.24) is 19.9 Å². The molecule has 0 spiro atoms. The summed E-state index contributed by atoms with van der Waals surface area (Å²) in [5, 5.41) is 10.3. The number of H-pyrrole nitrogens is 1. The molecule has 12 heteroatoms. The Morgan fingerprint density at radius 2 is 1.80 bits per heavy atom. The van der Waals surface area contributed by atoms with Crippen LogP contribution in [0.5, 0.6) is 11.8 Å². The predicted octanol–water partition coefficient (Wildman–Crippen LogP) is 3.84. The minimum atomic E-state index is -0.676. The smallest absolute Gasteiger partial charge is 0.296 e. The first-order valence-corrected chi connectivity index (χ1v) is 14.3. The third kappa shape index (κ3) is 6.03. The molecule has 0 aliphatic carbocycles. The number of aromatic nitrogens is 3. The van der Waals surface area contributed by atoms with Crippen molar-refractivity contribution in [1.29, 1.82) is 0 Å². The van der Waals surface area contributed by atoms with E-state index in [2.05, 4.69) is 19.9 Å². The monoisotopic (exact) mass is 578 g/mol. The van der Waals surface area contributed by atoms with Crippen LogP contribution >= 0.6 is 11.6 Å². The molecule has 3 fully saturated rings. The van der Waals surface area contributed by atoms with Crippen molar-refractivity contribution < 1.29 is 32.8 Å². The Morgan fingerprint density at radius 1 is 1.02 bits per heavy atom. The Morgan fingerprint density at radius 3 is 2.60 bits per heavy atom. The van der Waals surface area contributed by atoms with Crippen LogP contribution in [-0.2, 0) is 22.3 Å². The molecule has 0 amide bonds. The fraction of sp³-hybridized carbons (Fsp3) is 0.571. The highest BCUT2D eigenvalue weighted by molar-refractivity contribution is 6.31. The number of hydrogen-bond acceptors (Lipinski definition) is 8. The summed E-state index contributed by atoms with van der Waals surface area (Å²) in [5.41, 5.74) is 1.35. The molecule has 216 valence electrons. The number of aromatic amines is 1. The molecule has 3 aliphatic heterocycles. The van der Waals surface area contributed by atoms with Crippen LogP contribution in [0.15, 0.2) is 18.2 Å². The first-order valence-electron chi connectivity index (χ1n) is 13.9. The van der Waals surface area contributed by atoms with Gasteiger partial charge in [-0.1, -0.05) is 18.0 Å². The molecule has 2 N–H and O–H groups in total. The van der Waals surface area contributed by atoms with Gasteiger partial charge >= 0.3 is 0 Å². The highest BCUT2D eigenvalue weighted by Crippen LogP contribution is 2.31. The lowest BCUT2D eigenvalue weighted by atomic mass is 10.1. The van der Waals surface area contributed by atoms with Crippen molar-refractivity contribution in [3.63, 3.8) is 0 Å². The van der Waals surface area contributed by atoms with Crippen molar-refractivity contribution in [2.45, 2.75) is 62.9 Å². The summed E-state index contributed by atoms with van der Waals surface area (Å²) in [6.07, 6.45) is 2.94. The largest absolute Gasteiger partial charge is 0.493 e. The SMILES string of the molecule is O[C@@H]1CO[C@H]2[C@@H]1OC[C@H]2Oc1nc2nc(CCc3c(F)cc(OCCCN4CCCCC4)cc3F)c(Cl)cc2[nH]1. The maximum atomic E-state index is 14.8. The van der Waals surface area contributed by atoms with E-state index in [1.165, 1.54) is 31.4 Å². The van der Waals surface area contributed by atoms with Crippen molar-refractivity contribution in [2.75, 3.05) is 39.5 Å². The Balaban J connectivity index is 1.05. The van der Waals surface area contributed by atoms with Gasteiger partial charge < -0.3 is 33.9 Å². The number of benzene rings is 1. The van der Waals surface area contributed by atoms with E-state index in [1.54, 1.807) is 6.07 Å². The van der Waals surface area contributed by atoms with Gasteiger partial charge in [-0.3, -0.25) is 0 Å². The number of aliphatic hydroxyl groups is 1. The van der Waals surface area contributed by atoms with Gasteiger partial charge in [-0.15, -0.1) is 0 Å². The molecule has 0 saturated carbocycles. The number of aryl methyl sites for hydroxylation is 1. The van der Waals surface area contributed by atoms with Crippen LogP contribution in [0.3, 0.4) is 0 Å². The summed E-state index contributed by atoms with van der Waals surface area (Å²) in [6.45, 7) is 4.02. The molecule has 6 rings (SSSR count). The van der Waals surface area contributed by atoms with E-state index in [9.17, 15) is 13.9 Å². The summed E-state index contributed by atoms with van der Waals surface area (Å²) in [7, 11) is 0. The zero-order chi connectivity index (χ0) is 27.6. The van der Waals surface area contributed by atoms with Crippen molar-refractivity contribution in [3.8, 4) is 11.8 Å². The Bertz CT molecular complexity index is 1310. The lowest BCUT2D eigenvalue weighted by Crippen LogP contribution is -2.34. The summed E-state index contributed by atoms with van der Waals surface area (Å²) in [6, 6.07) is 4.35. The minimum absolute atomic E-state index is 0.0424. The average Bonchev–Trinajstić information content (AvgIpc) is 3.63. The maximum absolute atomic E-state index is 14.8. The molecular formula is C28H33ClF2N4O5. The number of nitrogens with one attached hydrogen (secondary N) is 1. The molecule has 4 atom stereocenters. The van der Waals surface area contributed by atoms with Crippen molar-refractivity contribution >= 4 is 22.8 Å². The van der Waals surface area contributed by atoms with Gasteiger partial charge in [0.05, 0.1) is 36.1 Å². The van der Waals surface area contributed by atoms with Crippen LogP contribution in [0, 0.1) is 11.6 Å². The molecular weight excluding hydrogens is 546 g/mol. The average molecular weight is 579 g/mol. The second kappa shape index (κ2) is 12.1. The lowest BCUT2D eigenvalue weighted by Gasteiger charge is -2.26. The van der Waals surface area contributed by atoms with E-state index >= 15 is 0 Å². The van der Waals surface area contributed by atoms with E-state index < -0.39 is 29.9 Å². The molecule has 0 radical (unpaired) electrons. The molecule has 3 saturated heterocycles. The number of ether oxygens (including phenoxy) is 4. The molecule has 40 heavy (non-hydrogen) atoms. The first-order chi connectivity index (χ1) is 19.4. The van der Waals surface area contributed by atoms with Gasteiger partial charge in [0.15, 0.2) is 11.8 Å². The molecule has 0 unspecified atom stereocenters. The number of fused-ring (bicyclic) bond motifs is 2. The van der Waals surface area contributed by atoms with E-state index in [1.807, 2.05) is 0 Å². The molecule has 3 aromatic rings. The number of halogens is 3. The summed E-state index contributed by atoms with van der Waals surface area (Å²) >= 11 is 6.44. The first kappa shape index (κ1) is 27.6. The van der Waals surface area contributed by atoms with Gasteiger partial charge in [-0.05, 0) is 51.3 Å². The highest BCUT2D eigenvalue weighted by atomic mass is 35.5. The Labute approximate surface area is 235 Å². The molecule has 9 nitrogen and oxygen atoms in total. The molecule has 3 aliphatic rings. The number of nitrogens with zero attached hydrogens (tertiary/aromatic N) is 3. The maximum Gasteiger partial charge on any atom is 0.296 e. The molecule has 0 bridgehead atoms. The van der Waals surface area contributed by atoms with Crippen LogP contribution in [0.4, 0.5) is 8.78 Å². The van der Waals surface area contributed by atoms with Crippen LogP contribution in [0.1, 0.15) is 36.9 Å². The Hall–Kier alpha value is -2.57. The number of aliphatic hydroxyl groups excluding tert-OH is 1. The number of hydrogen-bond donors (Lipinski definition) is 2. The summed E-state index contributed by atoms with van der Waals surface area (Å²) in [4.78, 5) is 14.3. The van der Waals surface area contributed by atoms with Crippen LogP contribution < -0.4 is 9.47 Å². The Kier molecular flexibility index (Phi) is 8.36. The minimum Gasteiger partial charge on any atom is -0.493 e. The normalized spacial score (nSPS) is 25.0. The van der Waals surface area contributed by atoms with E-state index in [0.717, 1.165) is 26.1 Å². The van der Waals surface area contributed by atoms with Gasteiger partial charge in [0, 0.05) is 24.2 Å². The lowest BCUT2D eigenvalue weighted by molar-refractivity contribution is 0.00706. The van der Waals surface area contributed by atoms with Crippen LogP contribution in [0.25, 0.3) is 11.2 Å². The number of pyridine rings is 1. The van der Waals surface area contributed by atoms with Crippen LogP contribution in [0.2, 0.25) is 5.02 Å². The van der Waals surface area contributed by atoms with Gasteiger partial charge in [-0.25, -0.2) is 13.8 Å². The fourth-order valence-electron chi connectivity index (χ4n) is 5.66. The predicted molar refractivity (Wildman–Crippen MR) is 143 cm³/mol. The van der Waals surface area contributed by atoms with E-state index in [-0.39, 0.29) is 49.5 Å². The van der Waals surface area contributed by atoms with E-state index in [4.69, 9.17) is 30.5 Å². The molecule has 2 aromatic heterocycles. The van der Waals surface area contributed by atoms with Gasteiger partial charge in [-0.2, -0.15) is 4.98 Å². The van der Waals surface area contributed by atoms with Crippen molar-refractivity contribution in [3.05, 3.63) is 46.1 Å². The highest BCUT2D eigenvalue weighted by Gasteiger charge is 2.48. The second-order valence-electron chi connectivity index (χ2n) is 10.6. The third-order valence-corrected chi connectivity index (χ3v) is 8.11. The van der Waals surface area contributed by atoms with Crippen LogP contribution in [-0.4, -0.2) is 88.8 Å². The molecule has 5 heterocycles. The van der Waals surface area contributed by atoms with Crippen molar-refractivity contribution in [2.24, 2.45) is 0 Å². The summed E-state index contributed by atoms with van der Waals surface area (Å²) in [5.74, 6) is -1.12. The standard InChI is InChI=1S/C28H33ClF2N4O5/c29-18-13-22-27(34-28(33-22)40-24-15-39-25-23(36)14-38-26(24)25)32-21(18)6-5-17-19(30)11-16(12-20(17)31)37-10-4-9-35-7-2-1-3-8-35/h11-13,23-26,36H,1-10,14-15H2,(H,32,33,34)/t23-,24-,25-,26-/m1/s1.